The summed E-state index contributed by atoms with van der Waals surface area (Å²) in [5, 5.41) is 3.40. The lowest BCUT2D eigenvalue weighted by Crippen LogP contribution is -2.62. The zero-order chi connectivity index (χ0) is 11.5. The molecule has 0 spiro atoms. The Morgan fingerprint density at radius 1 is 1.24 bits per heavy atom. The molecule has 0 saturated carbocycles. The van der Waals surface area contributed by atoms with E-state index in [9.17, 15) is 0 Å². The molecule has 4 nitrogen and oxygen atoms in total. The molecule has 92 valence electrons. The van der Waals surface area contributed by atoms with Crippen molar-refractivity contribution in [2.45, 2.75) is 12.6 Å². The van der Waals surface area contributed by atoms with Crippen molar-refractivity contribution < 1.29 is 0 Å². The van der Waals surface area contributed by atoms with Gasteiger partial charge in [0.1, 0.15) is 0 Å². The zero-order valence-electron chi connectivity index (χ0n) is 10.2. The van der Waals surface area contributed by atoms with Crippen LogP contribution in [0.4, 0.5) is 0 Å². The van der Waals surface area contributed by atoms with Crippen LogP contribution in [0.25, 0.3) is 0 Å². The average Bonchev–Trinajstić information content (AvgIpc) is 2.36. The van der Waals surface area contributed by atoms with E-state index in [0.29, 0.717) is 0 Å². The molecule has 0 radical (unpaired) electrons. The highest BCUT2D eigenvalue weighted by atomic mass is 15.3. The van der Waals surface area contributed by atoms with Crippen molar-refractivity contribution in [1.29, 1.82) is 0 Å². The second-order valence-corrected chi connectivity index (χ2v) is 4.95. The first-order chi connectivity index (χ1) is 8.42. The van der Waals surface area contributed by atoms with Crippen LogP contribution in [0.15, 0.2) is 24.4 Å². The van der Waals surface area contributed by atoms with Gasteiger partial charge in [0.25, 0.3) is 0 Å². The largest absolute Gasteiger partial charge is 0.314 e. The smallest absolute Gasteiger partial charge is 0.0543 e. The summed E-state index contributed by atoms with van der Waals surface area (Å²) in [5.41, 5.74) is 1.19. The van der Waals surface area contributed by atoms with E-state index < -0.39 is 0 Å². The third kappa shape index (κ3) is 2.65. The number of likely N-dealkylation sites (tertiary alicyclic amines) is 1. The van der Waals surface area contributed by atoms with Gasteiger partial charge in [0.15, 0.2) is 0 Å². The molecule has 1 N–H and O–H groups in total. The third-order valence-corrected chi connectivity index (χ3v) is 3.72. The first-order valence-electron chi connectivity index (χ1n) is 6.49. The van der Waals surface area contributed by atoms with E-state index in [2.05, 4.69) is 32.2 Å². The molecule has 0 atom stereocenters. The number of piperazine rings is 1. The molecule has 2 aliphatic rings. The number of nitrogens with zero attached hydrogens (tertiary/aromatic N) is 3. The lowest BCUT2D eigenvalue weighted by Gasteiger charge is -2.46. The van der Waals surface area contributed by atoms with Gasteiger partial charge in [-0.2, -0.15) is 0 Å². The first-order valence-corrected chi connectivity index (χ1v) is 6.49. The van der Waals surface area contributed by atoms with Crippen molar-refractivity contribution in [3.05, 3.63) is 30.1 Å². The van der Waals surface area contributed by atoms with Crippen LogP contribution < -0.4 is 5.32 Å². The standard InChI is InChI=1S/C13H20N4/c1-2-4-15-12(3-1)9-16-10-13(11-16)17-7-5-14-6-8-17/h1-4,13-14H,5-11H2. The van der Waals surface area contributed by atoms with Crippen LogP contribution in [0.5, 0.6) is 0 Å². The fourth-order valence-electron chi connectivity index (χ4n) is 2.67. The van der Waals surface area contributed by atoms with Crippen molar-refractivity contribution in [3.63, 3.8) is 0 Å². The summed E-state index contributed by atoms with van der Waals surface area (Å²) in [5.74, 6) is 0. The zero-order valence-corrected chi connectivity index (χ0v) is 10.2. The predicted octanol–water partition coefficient (Wildman–Crippen LogP) is 0.171. The first kappa shape index (κ1) is 11.1. The number of hydrogen-bond acceptors (Lipinski definition) is 4. The lowest BCUT2D eigenvalue weighted by molar-refractivity contribution is 0.0216. The molecule has 3 rings (SSSR count). The van der Waals surface area contributed by atoms with Crippen molar-refractivity contribution >= 4 is 0 Å². The topological polar surface area (TPSA) is 31.4 Å². The van der Waals surface area contributed by atoms with Gasteiger partial charge in [-0.05, 0) is 12.1 Å². The number of rotatable bonds is 3. The predicted molar refractivity (Wildman–Crippen MR) is 67.7 cm³/mol. The van der Waals surface area contributed by atoms with E-state index in [1.165, 1.54) is 31.9 Å². The molecular weight excluding hydrogens is 212 g/mol. The Balaban J connectivity index is 1.45. The molecule has 0 bridgehead atoms. The van der Waals surface area contributed by atoms with Crippen LogP contribution in [0.1, 0.15) is 5.69 Å². The van der Waals surface area contributed by atoms with Gasteiger partial charge in [0.05, 0.1) is 5.69 Å². The van der Waals surface area contributed by atoms with E-state index in [1.54, 1.807) is 0 Å². The minimum absolute atomic E-state index is 0.779. The lowest BCUT2D eigenvalue weighted by atomic mass is 10.1. The Bertz CT molecular complexity index is 342. The highest BCUT2D eigenvalue weighted by Crippen LogP contribution is 2.17. The summed E-state index contributed by atoms with van der Waals surface area (Å²) in [4.78, 5) is 9.47. The summed E-state index contributed by atoms with van der Waals surface area (Å²) in [6.07, 6.45) is 1.88. The van der Waals surface area contributed by atoms with Crippen LogP contribution in [-0.2, 0) is 6.54 Å². The van der Waals surface area contributed by atoms with Gasteiger partial charge < -0.3 is 5.32 Å². The maximum atomic E-state index is 4.37. The van der Waals surface area contributed by atoms with Crippen LogP contribution in [0.3, 0.4) is 0 Å². The van der Waals surface area contributed by atoms with Crippen molar-refractivity contribution in [3.8, 4) is 0 Å². The van der Waals surface area contributed by atoms with Crippen molar-refractivity contribution in [1.82, 2.24) is 20.1 Å². The van der Waals surface area contributed by atoms with Gasteiger partial charge >= 0.3 is 0 Å². The van der Waals surface area contributed by atoms with Crippen LogP contribution in [-0.4, -0.2) is 60.1 Å². The molecular formula is C13H20N4. The second-order valence-electron chi connectivity index (χ2n) is 4.95. The Hall–Kier alpha value is -0.970. The van der Waals surface area contributed by atoms with Gasteiger partial charge in [-0.3, -0.25) is 14.8 Å². The Morgan fingerprint density at radius 2 is 2.06 bits per heavy atom. The molecule has 2 aliphatic heterocycles. The summed E-state index contributed by atoms with van der Waals surface area (Å²) in [6.45, 7) is 8.13. The highest BCUT2D eigenvalue weighted by molar-refractivity contribution is 5.04. The van der Waals surface area contributed by atoms with Gasteiger partial charge in [-0.15, -0.1) is 0 Å². The molecule has 0 amide bonds. The molecule has 1 aromatic heterocycles. The summed E-state index contributed by atoms with van der Waals surface area (Å²) >= 11 is 0. The SMILES string of the molecule is c1ccc(CN2CC(N3CCNCC3)C2)nc1. The van der Waals surface area contributed by atoms with Gasteiger partial charge in [0.2, 0.25) is 0 Å². The molecule has 2 saturated heterocycles. The maximum absolute atomic E-state index is 4.37. The molecule has 2 fully saturated rings. The maximum Gasteiger partial charge on any atom is 0.0543 e. The summed E-state index contributed by atoms with van der Waals surface area (Å²) in [7, 11) is 0. The quantitative estimate of drug-likeness (QED) is 0.805. The van der Waals surface area contributed by atoms with E-state index in [1.807, 2.05) is 12.3 Å². The monoisotopic (exact) mass is 232 g/mol. The molecule has 4 heteroatoms. The molecule has 0 unspecified atom stereocenters. The summed E-state index contributed by atoms with van der Waals surface area (Å²) in [6, 6.07) is 6.93. The Kier molecular flexibility index (Phi) is 3.36. The van der Waals surface area contributed by atoms with E-state index in [4.69, 9.17) is 0 Å². The highest BCUT2D eigenvalue weighted by Gasteiger charge is 2.32. The normalized spacial score (nSPS) is 23.5. The Labute approximate surface area is 103 Å². The van der Waals surface area contributed by atoms with Crippen molar-refractivity contribution in [2.24, 2.45) is 0 Å². The molecule has 1 aromatic rings. The third-order valence-electron chi connectivity index (χ3n) is 3.72. The van der Waals surface area contributed by atoms with E-state index in [-0.39, 0.29) is 0 Å². The van der Waals surface area contributed by atoms with E-state index in [0.717, 1.165) is 25.7 Å². The van der Waals surface area contributed by atoms with Crippen LogP contribution >= 0.6 is 0 Å². The minimum atomic E-state index is 0.779. The van der Waals surface area contributed by atoms with Crippen LogP contribution in [0, 0.1) is 0 Å². The summed E-state index contributed by atoms with van der Waals surface area (Å²) < 4.78 is 0. The molecule has 0 aliphatic carbocycles. The number of hydrogen-bond donors (Lipinski definition) is 1. The van der Waals surface area contributed by atoms with E-state index >= 15 is 0 Å². The van der Waals surface area contributed by atoms with Crippen molar-refractivity contribution in [2.75, 3.05) is 39.3 Å². The van der Waals surface area contributed by atoms with Gasteiger partial charge in [-0.25, -0.2) is 0 Å². The fraction of sp³-hybridized carbons (Fsp3) is 0.615. The van der Waals surface area contributed by atoms with Gasteiger partial charge in [-0.1, -0.05) is 6.07 Å². The molecule has 17 heavy (non-hydrogen) atoms. The molecule has 3 heterocycles. The number of pyridine rings is 1. The number of aromatic nitrogens is 1. The van der Waals surface area contributed by atoms with Crippen LogP contribution in [0.2, 0.25) is 0 Å². The Morgan fingerprint density at radius 3 is 2.76 bits per heavy atom. The second kappa shape index (κ2) is 5.12. The average molecular weight is 232 g/mol. The fourth-order valence-corrected chi connectivity index (χ4v) is 2.67. The minimum Gasteiger partial charge on any atom is -0.314 e. The van der Waals surface area contributed by atoms with Gasteiger partial charge in [0, 0.05) is 58.1 Å². The molecule has 0 aromatic carbocycles. The number of nitrogens with one attached hydrogen (secondary N) is 1.